The maximum Gasteiger partial charge on any atom is 0.290 e. The highest BCUT2D eigenvalue weighted by atomic mass is 16.3. The summed E-state index contributed by atoms with van der Waals surface area (Å²) in [5.74, 6) is 1.65. The number of pyridine rings is 1. The van der Waals surface area contributed by atoms with Crippen LogP contribution in [0.15, 0.2) is 47.3 Å². The summed E-state index contributed by atoms with van der Waals surface area (Å²) in [5.41, 5.74) is 3.16. The number of carboxylic acid groups (broad SMARTS) is 1. The number of rotatable bonds is 5. The number of fused-ring (bicyclic) bond motifs is 5. The van der Waals surface area contributed by atoms with Crippen molar-refractivity contribution in [2.45, 2.75) is 51.0 Å². The fourth-order valence-corrected chi connectivity index (χ4v) is 5.42. The first-order chi connectivity index (χ1) is 16.0. The Balaban J connectivity index is 0.000000821. The number of carbonyl (C=O) groups excluding carboxylic acids is 1. The van der Waals surface area contributed by atoms with Crippen molar-refractivity contribution in [2.24, 2.45) is 5.92 Å². The molecule has 2 N–H and O–H groups in total. The Hall–Kier alpha value is -3.42. The maximum atomic E-state index is 13.1. The molecule has 5 rings (SSSR count). The molecule has 2 aromatic heterocycles. The number of nitrogens with one attached hydrogen (secondary N) is 1. The van der Waals surface area contributed by atoms with Crippen LogP contribution in [0.3, 0.4) is 0 Å². The van der Waals surface area contributed by atoms with Gasteiger partial charge in [-0.05, 0) is 37.0 Å². The van der Waals surface area contributed by atoms with E-state index in [0.717, 1.165) is 48.4 Å². The maximum absolute atomic E-state index is 13.1. The second kappa shape index (κ2) is 10.0. The lowest BCUT2D eigenvalue weighted by atomic mass is 9.77. The highest BCUT2D eigenvalue weighted by Gasteiger charge is 2.41. The smallest absolute Gasteiger partial charge is 0.290 e. The topological polar surface area (TPSA) is 108 Å². The van der Waals surface area contributed by atoms with Crippen LogP contribution in [-0.4, -0.2) is 50.0 Å². The van der Waals surface area contributed by atoms with E-state index in [1.54, 1.807) is 6.07 Å². The number of aromatic amines is 1. The SMILES string of the molecule is CCC[C@H]1[C@H]2C[C@H](CN(C(=O)CCc3nc4ccccc4[nH]3)C2)c2cccc(=O)n21.O=CO. The lowest BCUT2D eigenvalue weighted by Crippen LogP contribution is -2.51. The number of likely N-dealkylation sites (tertiary alicyclic amines) is 1. The molecule has 0 unspecified atom stereocenters. The zero-order valence-corrected chi connectivity index (χ0v) is 18.8. The molecule has 2 bridgehead atoms. The van der Waals surface area contributed by atoms with E-state index in [9.17, 15) is 9.59 Å². The monoisotopic (exact) mass is 450 g/mol. The summed E-state index contributed by atoms with van der Waals surface area (Å²) < 4.78 is 2.03. The van der Waals surface area contributed by atoms with Gasteiger partial charge in [0, 0.05) is 49.7 Å². The highest BCUT2D eigenvalue weighted by molar-refractivity contribution is 5.77. The molecule has 1 saturated heterocycles. The van der Waals surface area contributed by atoms with Gasteiger partial charge in [-0.1, -0.05) is 31.5 Å². The average molecular weight is 451 g/mol. The van der Waals surface area contributed by atoms with E-state index in [4.69, 9.17) is 9.90 Å². The third-order valence-electron chi connectivity index (χ3n) is 6.75. The summed E-state index contributed by atoms with van der Waals surface area (Å²) in [6.45, 7) is 3.37. The number of piperidine rings is 1. The van der Waals surface area contributed by atoms with Crippen molar-refractivity contribution in [1.82, 2.24) is 19.4 Å². The molecule has 3 aromatic rings. The Kier molecular flexibility index (Phi) is 6.91. The van der Waals surface area contributed by atoms with Gasteiger partial charge in [0.2, 0.25) is 5.91 Å². The standard InChI is InChI=1S/C24H28N4O2.CH2O2/c1-2-6-20-16-13-17(21-9-5-10-24(30)28(20)21)15-27(14-16)23(29)12-11-22-25-18-7-3-4-8-19(18)26-22;2-1-3/h3-5,7-10,16-17,20H,2,6,11-15H2,1H3,(H,25,26);1H,(H,2,3)/t16-,17+,20-;/m0./s1. The number of aromatic nitrogens is 3. The third-order valence-corrected chi connectivity index (χ3v) is 6.75. The van der Waals surface area contributed by atoms with E-state index in [-0.39, 0.29) is 29.9 Å². The molecule has 2 aliphatic rings. The summed E-state index contributed by atoms with van der Waals surface area (Å²) in [7, 11) is 0. The van der Waals surface area contributed by atoms with Gasteiger partial charge in [-0.2, -0.15) is 0 Å². The van der Waals surface area contributed by atoms with E-state index in [1.165, 1.54) is 0 Å². The molecule has 2 aliphatic heterocycles. The van der Waals surface area contributed by atoms with Gasteiger partial charge in [0.1, 0.15) is 5.82 Å². The predicted octanol–water partition coefficient (Wildman–Crippen LogP) is 3.35. The minimum atomic E-state index is -0.250. The molecule has 8 heteroatoms. The van der Waals surface area contributed by atoms with Gasteiger partial charge in [0.15, 0.2) is 0 Å². The molecule has 174 valence electrons. The molecule has 3 atom stereocenters. The number of imidazole rings is 1. The highest BCUT2D eigenvalue weighted by Crippen LogP contribution is 2.42. The quantitative estimate of drug-likeness (QED) is 0.580. The number of carbonyl (C=O) groups is 2. The molecule has 1 aromatic carbocycles. The van der Waals surface area contributed by atoms with Gasteiger partial charge in [0.25, 0.3) is 12.0 Å². The molecule has 4 heterocycles. The van der Waals surface area contributed by atoms with Gasteiger partial charge >= 0.3 is 0 Å². The van der Waals surface area contributed by atoms with E-state index >= 15 is 0 Å². The first-order valence-corrected chi connectivity index (χ1v) is 11.6. The molecule has 0 spiro atoms. The summed E-state index contributed by atoms with van der Waals surface area (Å²) in [4.78, 5) is 44.0. The Bertz CT molecular complexity index is 1150. The van der Waals surface area contributed by atoms with E-state index in [0.29, 0.717) is 25.3 Å². The normalized spacial score (nSPS) is 21.1. The molecule has 8 nitrogen and oxygen atoms in total. The Morgan fingerprint density at radius 3 is 2.76 bits per heavy atom. The van der Waals surface area contributed by atoms with Crippen molar-refractivity contribution in [1.29, 1.82) is 0 Å². The fourth-order valence-electron chi connectivity index (χ4n) is 5.42. The van der Waals surface area contributed by atoms with Crippen LogP contribution >= 0.6 is 0 Å². The van der Waals surface area contributed by atoms with Crippen molar-refractivity contribution >= 4 is 23.4 Å². The Morgan fingerprint density at radius 1 is 1.21 bits per heavy atom. The molecule has 1 fully saturated rings. The number of benzene rings is 1. The predicted molar refractivity (Wildman–Crippen MR) is 125 cm³/mol. The first kappa shape index (κ1) is 22.8. The number of amides is 1. The van der Waals surface area contributed by atoms with E-state index in [2.05, 4.69) is 23.0 Å². The number of nitrogens with zero attached hydrogens (tertiary/aromatic N) is 3. The first-order valence-electron chi connectivity index (χ1n) is 11.6. The van der Waals surface area contributed by atoms with Crippen molar-refractivity contribution in [3.05, 3.63) is 64.3 Å². The molecule has 33 heavy (non-hydrogen) atoms. The van der Waals surface area contributed by atoms with Crippen molar-refractivity contribution < 1.29 is 14.7 Å². The van der Waals surface area contributed by atoms with Gasteiger partial charge < -0.3 is 19.6 Å². The molecule has 0 saturated carbocycles. The number of para-hydroxylation sites is 2. The summed E-state index contributed by atoms with van der Waals surface area (Å²) in [6, 6.07) is 13.7. The summed E-state index contributed by atoms with van der Waals surface area (Å²) >= 11 is 0. The average Bonchev–Trinajstić information content (AvgIpc) is 3.24. The zero-order chi connectivity index (χ0) is 23.4. The largest absolute Gasteiger partial charge is 0.483 e. The Morgan fingerprint density at radius 2 is 2.00 bits per heavy atom. The van der Waals surface area contributed by atoms with Gasteiger partial charge in [-0.15, -0.1) is 0 Å². The van der Waals surface area contributed by atoms with Crippen LogP contribution in [0.4, 0.5) is 0 Å². The van der Waals surface area contributed by atoms with Gasteiger partial charge in [-0.25, -0.2) is 4.98 Å². The van der Waals surface area contributed by atoms with Crippen LogP contribution in [0.2, 0.25) is 0 Å². The van der Waals surface area contributed by atoms with Crippen LogP contribution in [0.1, 0.15) is 56.1 Å². The molecule has 0 aliphatic carbocycles. The lowest BCUT2D eigenvalue weighted by molar-refractivity contribution is -0.134. The van der Waals surface area contributed by atoms with E-state index < -0.39 is 0 Å². The van der Waals surface area contributed by atoms with Gasteiger partial charge in [0.05, 0.1) is 11.0 Å². The van der Waals surface area contributed by atoms with Crippen LogP contribution < -0.4 is 5.56 Å². The van der Waals surface area contributed by atoms with Crippen molar-refractivity contribution in [3.8, 4) is 0 Å². The number of H-pyrrole nitrogens is 1. The minimum absolute atomic E-state index is 0.102. The number of hydrogen-bond acceptors (Lipinski definition) is 4. The van der Waals surface area contributed by atoms with Crippen LogP contribution in [0.5, 0.6) is 0 Å². The molecular weight excluding hydrogens is 420 g/mol. The van der Waals surface area contributed by atoms with Crippen molar-refractivity contribution in [3.63, 3.8) is 0 Å². The molecule has 1 amide bonds. The van der Waals surface area contributed by atoms with E-state index in [1.807, 2.05) is 39.8 Å². The summed E-state index contributed by atoms with van der Waals surface area (Å²) in [5, 5.41) is 6.89. The lowest BCUT2D eigenvalue weighted by Gasteiger charge is -2.47. The Labute approximate surface area is 192 Å². The minimum Gasteiger partial charge on any atom is -0.483 e. The fraction of sp³-hybridized carbons (Fsp3) is 0.440. The van der Waals surface area contributed by atoms with Crippen LogP contribution in [0, 0.1) is 5.92 Å². The van der Waals surface area contributed by atoms with Crippen molar-refractivity contribution in [2.75, 3.05) is 13.1 Å². The van der Waals surface area contributed by atoms with Gasteiger partial charge in [-0.3, -0.25) is 14.4 Å². The zero-order valence-electron chi connectivity index (χ0n) is 18.8. The second-order valence-corrected chi connectivity index (χ2v) is 8.81. The second-order valence-electron chi connectivity index (χ2n) is 8.81. The number of aryl methyl sites for hydroxylation is 1. The third kappa shape index (κ3) is 4.69. The summed E-state index contributed by atoms with van der Waals surface area (Å²) in [6.07, 6.45) is 4.16. The van der Waals surface area contributed by atoms with Crippen LogP contribution in [-0.2, 0) is 16.0 Å². The molecular formula is C25H30N4O4. The van der Waals surface area contributed by atoms with Crippen LogP contribution in [0.25, 0.3) is 11.0 Å². The molecule has 0 radical (unpaired) electrons. The number of hydrogen-bond donors (Lipinski definition) is 2.